The van der Waals surface area contributed by atoms with Gasteiger partial charge in [0.05, 0.1) is 17.6 Å². The van der Waals surface area contributed by atoms with Gasteiger partial charge in [-0.25, -0.2) is 0 Å². The number of aromatic nitrogens is 2. The van der Waals surface area contributed by atoms with E-state index < -0.39 is 0 Å². The van der Waals surface area contributed by atoms with E-state index in [4.69, 9.17) is 5.73 Å². The number of nitrogens with two attached hydrogens (primary N) is 1. The number of carbonyl (C=O) groups is 1. The average Bonchev–Trinajstić information content (AvgIpc) is 2.90. The molecule has 0 spiro atoms. The first-order chi connectivity index (χ1) is 11.0. The summed E-state index contributed by atoms with van der Waals surface area (Å²) in [6, 6.07) is 15.2. The number of aryl methyl sites for hydroxylation is 1. The minimum absolute atomic E-state index is 0.0315. The van der Waals surface area contributed by atoms with Crippen LogP contribution in [0, 0.1) is 6.92 Å². The van der Waals surface area contributed by atoms with Crippen molar-refractivity contribution in [2.45, 2.75) is 13.3 Å². The van der Waals surface area contributed by atoms with Gasteiger partial charge in [-0.2, -0.15) is 0 Å². The first-order valence-electron chi connectivity index (χ1n) is 7.51. The predicted molar refractivity (Wildman–Crippen MR) is 91.5 cm³/mol. The number of nitrogen functional groups attached to an aromatic ring is 1. The van der Waals surface area contributed by atoms with Crippen LogP contribution in [0.5, 0.6) is 0 Å². The van der Waals surface area contributed by atoms with Crippen molar-refractivity contribution in [3.63, 3.8) is 0 Å². The lowest BCUT2D eigenvalue weighted by Crippen LogP contribution is -2.09. The Bertz CT molecular complexity index is 830. The van der Waals surface area contributed by atoms with Gasteiger partial charge in [-0.05, 0) is 31.2 Å². The standard InChI is InChI=1S/C19H19N3O/c1-13-3-5-14(6-4-13)19(23)18-10-9-17(22(18)2)11-16-8-7-15(20)12-21-16/h3-10,12H,11,20H2,1-2H3. The zero-order valence-electron chi connectivity index (χ0n) is 13.3. The van der Waals surface area contributed by atoms with Gasteiger partial charge in [-0.3, -0.25) is 9.78 Å². The summed E-state index contributed by atoms with van der Waals surface area (Å²) in [5, 5.41) is 0. The van der Waals surface area contributed by atoms with E-state index in [2.05, 4.69) is 4.98 Å². The topological polar surface area (TPSA) is 60.9 Å². The number of nitrogens with zero attached hydrogens (tertiary/aromatic N) is 2. The Morgan fingerprint density at radius 1 is 1.09 bits per heavy atom. The lowest BCUT2D eigenvalue weighted by molar-refractivity contribution is 0.103. The number of carbonyl (C=O) groups excluding carboxylic acids is 1. The van der Waals surface area contributed by atoms with Crippen LogP contribution in [0.15, 0.2) is 54.7 Å². The van der Waals surface area contributed by atoms with Crippen LogP contribution in [0.2, 0.25) is 0 Å². The van der Waals surface area contributed by atoms with E-state index in [1.807, 2.05) is 67.1 Å². The van der Waals surface area contributed by atoms with E-state index in [0.717, 1.165) is 17.0 Å². The first-order valence-corrected chi connectivity index (χ1v) is 7.51. The molecule has 2 N–H and O–H groups in total. The third kappa shape index (κ3) is 3.16. The molecule has 0 unspecified atom stereocenters. The van der Waals surface area contributed by atoms with E-state index >= 15 is 0 Å². The summed E-state index contributed by atoms with van der Waals surface area (Å²) in [5.74, 6) is 0.0315. The molecule has 2 aromatic heterocycles. The number of benzene rings is 1. The fraction of sp³-hybridized carbons (Fsp3) is 0.158. The molecule has 0 aliphatic carbocycles. The molecule has 0 bridgehead atoms. The maximum Gasteiger partial charge on any atom is 0.209 e. The third-order valence-electron chi connectivity index (χ3n) is 3.98. The van der Waals surface area contributed by atoms with Crippen molar-refractivity contribution < 1.29 is 4.79 Å². The molecule has 0 aliphatic heterocycles. The normalized spacial score (nSPS) is 10.7. The zero-order chi connectivity index (χ0) is 16.4. The van der Waals surface area contributed by atoms with Crippen LogP contribution in [0.3, 0.4) is 0 Å². The molecule has 0 radical (unpaired) electrons. The van der Waals surface area contributed by atoms with Gasteiger partial charge in [0.2, 0.25) is 5.78 Å². The van der Waals surface area contributed by atoms with Crippen LogP contribution in [-0.2, 0) is 13.5 Å². The van der Waals surface area contributed by atoms with Gasteiger partial charge < -0.3 is 10.3 Å². The third-order valence-corrected chi connectivity index (χ3v) is 3.98. The van der Waals surface area contributed by atoms with E-state index in [0.29, 0.717) is 23.4 Å². The van der Waals surface area contributed by atoms with Gasteiger partial charge >= 0.3 is 0 Å². The molecule has 4 heteroatoms. The van der Waals surface area contributed by atoms with E-state index in [9.17, 15) is 4.79 Å². The summed E-state index contributed by atoms with van der Waals surface area (Å²) in [6.07, 6.45) is 2.31. The van der Waals surface area contributed by atoms with E-state index in [1.165, 1.54) is 0 Å². The summed E-state index contributed by atoms with van der Waals surface area (Å²) in [6.45, 7) is 2.01. The number of pyridine rings is 1. The molecule has 0 fully saturated rings. The number of rotatable bonds is 4. The average molecular weight is 305 g/mol. The maximum absolute atomic E-state index is 12.6. The molecule has 0 amide bonds. The van der Waals surface area contributed by atoms with E-state index in [1.54, 1.807) is 6.20 Å². The van der Waals surface area contributed by atoms with Crippen molar-refractivity contribution in [2.75, 3.05) is 5.73 Å². The van der Waals surface area contributed by atoms with Gasteiger partial charge in [0.25, 0.3) is 0 Å². The van der Waals surface area contributed by atoms with Crippen LogP contribution >= 0.6 is 0 Å². The second-order valence-corrected chi connectivity index (χ2v) is 5.72. The molecule has 3 aromatic rings. The number of hydrogen-bond acceptors (Lipinski definition) is 3. The summed E-state index contributed by atoms with van der Waals surface area (Å²) in [7, 11) is 1.91. The molecule has 0 saturated carbocycles. The minimum Gasteiger partial charge on any atom is -0.397 e. The Hall–Kier alpha value is -2.88. The van der Waals surface area contributed by atoms with E-state index in [-0.39, 0.29) is 5.78 Å². The fourth-order valence-electron chi connectivity index (χ4n) is 2.54. The molecule has 116 valence electrons. The maximum atomic E-state index is 12.6. The second kappa shape index (κ2) is 6.08. The van der Waals surface area contributed by atoms with Crippen molar-refractivity contribution in [3.8, 4) is 0 Å². The molecule has 2 heterocycles. The van der Waals surface area contributed by atoms with Crippen molar-refractivity contribution >= 4 is 11.5 Å². The Labute approximate surface area is 135 Å². The van der Waals surface area contributed by atoms with Crippen molar-refractivity contribution in [1.29, 1.82) is 0 Å². The van der Waals surface area contributed by atoms with Gasteiger partial charge in [0, 0.05) is 30.4 Å². The molecule has 0 atom stereocenters. The summed E-state index contributed by atoms with van der Waals surface area (Å²) in [5.41, 5.74) is 10.8. The second-order valence-electron chi connectivity index (χ2n) is 5.72. The molecule has 1 aromatic carbocycles. The Kier molecular flexibility index (Phi) is 3.98. The molecule has 4 nitrogen and oxygen atoms in total. The molecule has 23 heavy (non-hydrogen) atoms. The number of hydrogen-bond donors (Lipinski definition) is 1. The van der Waals surface area contributed by atoms with Crippen LogP contribution in [0.1, 0.15) is 33.0 Å². The molecule has 0 aliphatic rings. The SMILES string of the molecule is Cc1ccc(C(=O)c2ccc(Cc3ccc(N)cn3)n2C)cc1. The molecule has 0 saturated heterocycles. The summed E-state index contributed by atoms with van der Waals surface area (Å²) < 4.78 is 1.93. The lowest BCUT2D eigenvalue weighted by Gasteiger charge is -2.08. The summed E-state index contributed by atoms with van der Waals surface area (Å²) in [4.78, 5) is 16.9. The van der Waals surface area contributed by atoms with Crippen LogP contribution < -0.4 is 5.73 Å². The highest BCUT2D eigenvalue weighted by Crippen LogP contribution is 2.16. The van der Waals surface area contributed by atoms with Gasteiger partial charge in [0.15, 0.2) is 0 Å². The largest absolute Gasteiger partial charge is 0.397 e. The van der Waals surface area contributed by atoms with Crippen molar-refractivity contribution in [2.24, 2.45) is 7.05 Å². The smallest absolute Gasteiger partial charge is 0.209 e. The van der Waals surface area contributed by atoms with Crippen LogP contribution in [-0.4, -0.2) is 15.3 Å². The van der Waals surface area contributed by atoms with Crippen LogP contribution in [0.4, 0.5) is 5.69 Å². The highest BCUT2D eigenvalue weighted by Gasteiger charge is 2.15. The summed E-state index contributed by atoms with van der Waals surface area (Å²) >= 11 is 0. The highest BCUT2D eigenvalue weighted by atomic mass is 16.1. The van der Waals surface area contributed by atoms with Gasteiger partial charge in [-0.15, -0.1) is 0 Å². The van der Waals surface area contributed by atoms with Crippen LogP contribution in [0.25, 0.3) is 0 Å². The monoisotopic (exact) mass is 305 g/mol. The highest BCUT2D eigenvalue weighted by molar-refractivity contribution is 6.08. The quantitative estimate of drug-likeness (QED) is 0.753. The van der Waals surface area contributed by atoms with Crippen molar-refractivity contribution in [1.82, 2.24) is 9.55 Å². The van der Waals surface area contributed by atoms with Gasteiger partial charge in [0.1, 0.15) is 0 Å². The van der Waals surface area contributed by atoms with Crippen molar-refractivity contribution in [3.05, 3.63) is 82.9 Å². The van der Waals surface area contributed by atoms with Gasteiger partial charge in [-0.1, -0.05) is 29.8 Å². The number of ketones is 1. The Morgan fingerprint density at radius 2 is 1.83 bits per heavy atom. The first kappa shape index (κ1) is 15.0. The molecule has 3 rings (SSSR count). The minimum atomic E-state index is 0.0315. The Balaban J connectivity index is 1.85. The number of anilines is 1. The molecular formula is C19H19N3O. The predicted octanol–water partition coefficient (Wildman–Crippen LogP) is 3.13. The lowest BCUT2D eigenvalue weighted by atomic mass is 10.1. The Morgan fingerprint density at radius 3 is 2.48 bits per heavy atom. The fourth-order valence-corrected chi connectivity index (χ4v) is 2.54. The zero-order valence-corrected chi connectivity index (χ0v) is 13.3. The molecular weight excluding hydrogens is 286 g/mol.